The Hall–Kier alpha value is -0.780. The lowest BCUT2D eigenvalue weighted by atomic mass is 10.1. The Balaban J connectivity index is 2.47. The lowest BCUT2D eigenvalue weighted by Gasteiger charge is -2.04. The Morgan fingerprint density at radius 2 is 2.11 bits per heavy atom. The van der Waals surface area contributed by atoms with Gasteiger partial charge in [0.1, 0.15) is 15.7 Å². The smallest absolute Gasteiger partial charge is 0.147 e. The molecule has 0 bridgehead atoms. The van der Waals surface area contributed by atoms with Crippen LogP contribution in [0, 0.1) is 0 Å². The van der Waals surface area contributed by atoms with E-state index in [0.717, 1.165) is 11.1 Å². The average Bonchev–Trinajstić information content (AvgIpc) is 2.69. The number of imidazole rings is 1. The molecular formula is C11H12Cl2N2O2S. The second-order valence-electron chi connectivity index (χ2n) is 4.12. The first-order valence-electron chi connectivity index (χ1n) is 5.30. The molecule has 0 spiro atoms. The van der Waals surface area contributed by atoms with Crippen LogP contribution in [0.15, 0.2) is 12.1 Å². The predicted octanol–water partition coefficient (Wildman–Crippen LogP) is 2.54. The molecular weight excluding hydrogens is 295 g/mol. The van der Waals surface area contributed by atoms with Gasteiger partial charge in [-0.2, -0.15) is 0 Å². The third-order valence-electron chi connectivity index (χ3n) is 2.60. The minimum absolute atomic E-state index is 0.0505. The number of aromatic nitrogens is 2. The summed E-state index contributed by atoms with van der Waals surface area (Å²) < 4.78 is 22.4. The molecule has 0 radical (unpaired) electrons. The van der Waals surface area contributed by atoms with E-state index in [2.05, 4.69) is 9.97 Å². The molecule has 1 aromatic carbocycles. The van der Waals surface area contributed by atoms with E-state index in [1.54, 1.807) is 6.07 Å². The summed E-state index contributed by atoms with van der Waals surface area (Å²) in [6, 6.07) is 3.54. The van der Waals surface area contributed by atoms with Gasteiger partial charge < -0.3 is 4.98 Å². The van der Waals surface area contributed by atoms with Crippen molar-refractivity contribution in [3.05, 3.63) is 28.5 Å². The van der Waals surface area contributed by atoms with Crippen molar-refractivity contribution >= 4 is 44.1 Å². The van der Waals surface area contributed by atoms with Crippen molar-refractivity contribution in [2.45, 2.75) is 12.3 Å². The van der Waals surface area contributed by atoms with Crippen LogP contribution in [0.1, 0.15) is 11.4 Å². The Morgan fingerprint density at radius 1 is 1.39 bits per heavy atom. The number of hydrogen-bond donors (Lipinski definition) is 1. The molecule has 0 aliphatic heterocycles. The number of aryl methyl sites for hydroxylation is 1. The van der Waals surface area contributed by atoms with Crippen LogP contribution in [-0.4, -0.2) is 30.4 Å². The van der Waals surface area contributed by atoms with Crippen molar-refractivity contribution in [3.63, 3.8) is 0 Å². The summed E-state index contributed by atoms with van der Waals surface area (Å²) in [7, 11) is -3.03. The number of sulfone groups is 1. The molecule has 1 aromatic heterocycles. The molecule has 4 nitrogen and oxygen atoms in total. The van der Waals surface area contributed by atoms with Gasteiger partial charge in [0.25, 0.3) is 0 Å². The summed E-state index contributed by atoms with van der Waals surface area (Å²) in [4.78, 5) is 7.38. The van der Waals surface area contributed by atoms with E-state index in [1.165, 1.54) is 6.26 Å². The van der Waals surface area contributed by atoms with Gasteiger partial charge in [0.2, 0.25) is 0 Å². The molecule has 18 heavy (non-hydrogen) atoms. The number of H-pyrrole nitrogens is 1. The highest BCUT2D eigenvalue weighted by molar-refractivity contribution is 7.90. The first-order valence-corrected chi connectivity index (χ1v) is 8.27. The zero-order valence-corrected chi connectivity index (χ0v) is 12.0. The average molecular weight is 307 g/mol. The van der Waals surface area contributed by atoms with Crippen LogP contribution < -0.4 is 0 Å². The van der Waals surface area contributed by atoms with E-state index in [0.29, 0.717) is 22.8 Å². The molecule has 0 aliphatic rings. The number of benzene rings is 1. The summed E-state index contributed by atoms with van der Waals surface area (Å²) >= 11 is 11.8. The standard InChI is InChI=1S/C11H12Cl2N2O2S/c1-18(16,17)5-4-7-8(13)2-3-9-11(7)15-10(6-12)14-9/h2-3H,4-6H2,1H3,(H,14,15). The summed E-state index contributed by atoms with van der Waals surface area (Å²) in [5.41, 5.74) is 2.26. The van der Waals surface area contributed by atoms with Crippen molar-refractivity contribution < 1.29 is 8.42 Å². The van der Waals surface area contributed by atoms with Gasteiger partial charge in [-0.1, -0.05) is 11.6 Å². The summed E-state index contributed by atoms with van der Waals surface area (Å²) in [6.45, 7) is 0. The number of nitrogens with zero attached hydrogens (tertiary/aromatic N) is 1. The van der Waals surface area contributed by atoms with E-state index >= 15 is 0 Å². The van der Waals surface area contributed by atoms with E-state index < -0.39 is 9.84 Å². The Bertz CT molecular complexity index is 680. The molecule has 98 valence electrons. The molecule has 2 aromatic rings. The van der Waals surface area contributed by atoms with E-state index in [1.807, 2.05) is 6.07 Å². The number of alkyl halides is 1. The van der Waals surface area contributed by atoms with Crippen molar-refractivity contribution in [2.75, 3.05) is 12.0 Å². The summed E-state index contributed by atoms with van der Waals surface area (Å²) in [5, 5.41) is 0.527. The highest BCUT2D eigenvalue weighted by Gasteiger charge is 2.13. The zero-order chi connectivity index (χ0) is 13.3. The minimum atomic E-state index is -3.03. The number of halogens is 2. The molecule has 0 amide bonds. The highest BCUT2D eigenvalue weighted by Crippen LogP contribution is 2.25. The van der Waals surface area contributed by atoms with Gasteiger partial charge in [-0.05, 0) is 24.1 Å². The third kappa shape index (κ3) is 2.96. The normalized spacial score (nSPS) is 12.2. The number of aromatic amines is 1. The molecule has 0 saturated heterocycles. The molecule has 0 aliphatic carbocycles. The number of rotatable bonds is 4. The Kier molecular flexibility index (Phi) is 3.84. The van der Waals surface area contributed by atoms with Gasteiger partial charge in [-0.25, -0.2) is 13.4 Å². The SMILES string of the molecule is CS(=O)(=O)CCc1c(Cl)ccc2[nH]c(CCl)nc12. The van der Waals surface area contributed by atoms with Gasteiger partial charge in [0.15, 0.2) is 0 Å². The van der Waals surface area contributed by atoms with E-state index in [4.69, 9.17) is 23.2 Å². The zero-order valence-electron chi connectivity index (χ0n) is 9.70. The lowest BCUT2D eigenvalue weighted by molar-refractivity contribution is 0.601. The van der Waals surface area contributed by atoms with Crippen LogP contribution in [0.25, 0.3) is 11.0 Å². The van der Waals surface area contributed by atoms with Crippen LogP contribution in [0.3, 0.4) is 0 Å². The maximum absolute atomic E-state index is 11.2. The van der Waals surface area contributed by atoms with Crippen LogP contribution in [-0.2, 0) is 22.1 Å². The fourth-order valence-electron chi connectivity index (χ4n) is 1.75. The molecule has 2 rings (SSSR count). The monoisotopic (exact) mass is 306 g/mol. The van der Waals surface area contributed by atoms with Crippen molar-refractivity contribution in [1.82, 2.24) is 9.97 Å². The van der Waals surface area contributed by atoms with E-state index in [-0.39, 0.29) is 11.6 Å². The maximum Gasteiger partial charge on any atom is 0.147 e. The largest absolute Gasteiger partial charge is 0.341 e. The third-order valence-corrected chi connectivity index (χ3v) is 4.15. The Morgan fingerprint density at radius 3 is 2.72 bits per heavy atom. The maximum atomic E-state index is 11.2. The molecule has 1 N–H and O–H groups in total. The number of hydrogen-bond acceptors (Lipinski definition) is 3. The predicted molar refractivity (Wildman–Crippen MR) is 74.1 cm³/mol. The first-order chi connectivity index (χ1) is 8.40. The topological polar surface area (TPSA) is 62.8 Å². The van der Waals surface area contributed by atoms with Crippen molar-refractivity contribution in [2.24, 2.45) is 0 Å². The highest BCUT2D eigenvalue weighted by atomic mass is 35.5. The quantitative estimate of drug-likeness (QED) is 0.883. The van der Waals surface area contributed by atoms with Crippen LogP contribution in [0.2, 0.25) is 5.02 Å². The van der Waals surface area contributed by atoms with Crippen LogP contribution >= 0.6 is 23.2 Å². The van der Waals surface area contributed by atoms with Gasteiger partial charge >= 0.3 is 0 Å². The Labute approximate surface area is 115 Å². The molecule has 7 heteroatoms. The van der Waals surface area contributed by atoms with E-state index in [9.17, 15) is 8.42 Å². The van der Waals surface area contributed by atoms with Gasteiger partial charge in [0, 0.05) is 11.3 Å². The summed E-state index contributed by atoms with van der Waals surface area (Å²) in [6.07, 6.45) is 1.55. The molecule has 1 heterocycles. The summed E-state index contributed by atoms with van der Waals surface area (Å²) in [5.74, 6) is 0.974. The van der Waals surface area contributed by atoms with Crippen molar-refractivity contribution in [1.29, 1.82) is 0 Å². The molecule has 0 saturated carbocycles. The van der Waals surface area contributed by atoms with Gasteiger partial charge in [0.05, 0.1) is 22.7 Å². The lowest BCUT2D eigenvalue weighted by Crippen LogP contribution is -2.06. The second-order valence-corrected chi connectivity index (χ2v) is 7.05. The molecule has 0 fully saturated rings. The van der Waals surface area contributed by atoms with Crippen molar-refractivity contribution in [3.8, 4) is 0 Å². The minimum Gasteiger partial charge on any atom is -0.341 e. The molecule has 0 atom stereocenters. The van der Waals surface area contributed by atoms with Crippen LogP contribution in [0.4, 0.5) is 0 Å². The molecule has 0 unspecified atom stereocenters. The van der Waals surface area contributed by atoms with Gasteiger partial charge in [-0.15, -0.1) is 11.6 Å². The van der Waals surface area contributed by atoms with Gasteiger partial charge in [-0.3, -0.25) is 0 Å². The van der Waals surface area contributed by atoms with Crippen LogP contribution in [0.5, 0.6) is 0 Å². The fourth-order valence-corrected chi connectivity index (χ4v) is 2.70. The fraction of sp³-hybridized carbons (Fsp3) is 0.364. The number of nitrogens with one attached hydrogen (secondary N) is 1. The number of fused-ring (bicyclic) bond motifs is 1. The second kappa shape index (κ2) is 5.07. The first kappa shape index (κ1) is 13.6.